The predicted molar refractivity (Wildman–Crippen MR) is 68.2 cm³/mol. The first-order valence-electron chi connectivity index (χ1n) is 5.54. The van der Waals surface area contributed by atoms with Gasteiger partial charge < -0.3 is 9.30 Å². The molecule has 0 aliphatic heterocycles. The number of halogens is 1. The monoisotopic (exact) mass is 251 g/mol. The summed E-state index contributed by atoms with van der Waals surface area (Å²) in [6.07, 6.45) is 1.75. The molecule has 1 aromatic carbocycles. The van der Waals surface area contributed by atoms with Crippen LogP contribution in [-0.2, 0) is 16.1 Å². The molecule has 0 fully saturated rings. The Labute approximate surface area is 105 Å². The fraction of sp³-hybridized carbons (Fsp3) is 0.308. The average Bonchev–Trinajstić information content (AvgIpc) is 2.67. The van der Waals surface area contributed by atoms with Gasteiger partial charge in [-0.1, -0.05) is 11.6 Å². The summed E-state index contributed by atoms with van der Waals surface area (Å²) in [6.45, 7) is 5.27. The zero-order chi connectivity index (χ0) is 12.4. The zero-order valence-electron chi connectivity index (χ0n) is 9.81. The van der Waals surface area contributed by atoms with Crippen molar-refractivity contribution in [2.24, 2.45) is 0 Å². The second-order valence-electron chi connectivity index (χ2n) is 3.91. The first kappa shape index (κ1) is 12.0. The van der Waals surface area contributed by atoms with Crippen molar-refractivity contribution < 1.29 is 9.53 Å². The number of aryl methyl sites for hydroxylation is 1. The molecule has 0 saturated heterocycles. The summed E-state index contributed by atoms with van der Waals surface area (Å²) < 4.78 is 7.11. The molecule has 0 saturated carbocycles. The molecule has 90 valence electrons. The molecule has 0 spiro atoms. The van der Waals surface area contributed by atoms with Crippen molar-refractivity contribution in [2.75, 3.05) is 0 Å². The molecule has 0 N–H and O–H groups in total. The van der Waals surface area contributed by atoms with E-state index in [0.29, 0.717) is 11.5 Å². The average molecular weight is 252 g/mol. The third-order valence-electron chi connectivity index (χ3n) is 2.91. The highest BCUT2D eigenvalue weighted by atomic mass is 35.5. The Hall–Kier alpha value is -1.48. The van der Waals surface area contributed by atoms with Crippen LogP contribution in [0, 0.1) is 0 Å². The summed E-state index contributed by atoms with van der Waals surface area (Å²) in [5, 5.41) is 1.72. The quantitative estimate of drug-likeness (QED) is 0.778. The van der Waals surface area contributed by atoms with Crippen LogP contribution in [0.15, 0.2) is 24.4 Å². The minimum absolute atomic E-state index is 0.263. The van der Waals surface area contributed by atoms with E-state index < -0.39 is 0 Å². The highest BCUT2D eigenvalue weighted by Crippen LogP contribution is 2.30. The van der Waals surface area contributed by atoms with Gasteiger partial charge in [0.1, 0.15) is 6.10 Å². The van der Waals surface area contributed by atoms with Crippen molar-refractivity contribution in [3.8, 4) is 0 Å². The smallest absolute Gasteiger partial charge is 0.293 e. The number of benzene rings is 1. The van der Waals surface area contributed by atoms with Crippen molar-refractivity contribution in [3.63, 3.8) is 0 Å². The highest BCUT2D eigenvalue weighted by molar-refractivity contribution is 6.31. The first-order chi connectivity index (χ1) is 8.17. The van der Waals surface area contributed by atoms with Crippen LogP contribution >= 0.6 is 11.6 Å². The lowest BCUT2D eigenvalue weighted by Gasteiger charge is -2.07. The van der Waals surface area contributed by atoms with E-state index in [4.69, 9.17) is 16.3 Å². The fourth-order valence-electron chi connectivity index (χ4n) is 2.04. The Morgan fingerprint density at radius 2 is 2.29 bits per heavy atom. The van der Waals surface area contributed by atoms with E-state index in [1.807, 2.05) is 31.3 Å². The molecule has 0 amide bonds. The molecule has 0 radical (unpaired) electrons. The van der Waals surface area contributed by atoms with E-state index in [0.717, 1.165) is 23.0 Å². The van der Waals surface area contributed by atoms with Gasteiger partial charge in [0.25, 0.3) is 6.47 Å². The van der Waals surface area contributed by atoms with E-state index in [-0.39, 0.29) is 6.10 Å². The van der Waals surface area contributed by atoms with Crippen LogP contribution in [0.2, 0.25) is 5.02 Å². The van der Waals surface area contributed by atoms with Gasteiger partial charge in [0.15, 0.2) is 0 Å². The molecule has 1 heterocycles. The lowest BCUT2D eigenvalue weighted by atomic mass is 10.1. The molecule has 1 aromatic heterocycles. The van der Waals surface area contributed by atoms with E-state index in [1.165, 1.54) is 0 Å². The normalized spacial score (nSPS) is 12.6. The van der Waals surface area contributed by atoms with Gasteiger partial charge in [-0.3, -0.25) is 4.79 Å². The van der Waals surface area contributed by atoms with Crippen molar-refractivity contribution in [1.82, 2.24) is 4.57 Å². The van der Waals surface area contributed by atoms with Crippen LogP contribution in [0.3, 0.4) is 0 Å². The van der Waals surface area contributed by atoms with Gasteiger partial charge >= 0.3 is 0 Å². The van der Waals surface area contributed by atoms with E-state index >= 15 is 0 Å². The van der Waals surface area contributed by atoms with Gasteiger partial charge in [-0.15, -0.1) is 0 Å². The molecule has 2 aromatic rings. The molecule has 3 nitrogen and oxygen atoms in total. The zero-order valence-corrected chi connectivity index (χ0v) is 10.6. The summed E-state index contributed by atoms with van der Waals surface area (Å²) in [4.78, 5) is 10.4. The Bertz CT molecular complexity index is 548. The number of carbonyl (C=O) groups is 1. The minimum Gasteiger partial charge on any atom is -0.460 e. The third kappa shape index (κ3) is 2.15. The maximum Gasteiger partial charge on any atom is 0.293 e. The minimum atomic E-state index is -0.263. The van der Waals surface area contributed by atoms with Crippen molar-refractivity contribution in [2.45, 2.75) is 26.5 Å². The number of nitrogens with zero attached hydrogens (tertiary/aromatic N) is 1. The molecule has 4 heteroatoms. The molecule has 2 rings (SSSR count). The number of hydrogen-bond donors (Lipinski definition) is 0. The van der Waals surface area contributed by atoms with Crippen LogP contribution in [0.5, 0.6) is 0 Å². The van der Waals surface area contributed by atoms with Crippen molar-refractivity contribution in [1.29, 1.82) is 0 Å². The van der Waals surface area contributed by atoms with Crippen LogP contribution in [0.1, 0.15) is 25.5 Å². The molecule has 0 aliphatic carbocycles. The highest BCUT2D eigenvalue weighted by Gasteiger charge is 2.14. The summed E-state index contributed by atoms with van der Waals surface area (Å²) in [5.41, 5.74) is 2.09. The summed E-state index contributed by atoms with van der Waals surface area (Å²) >= 11 is 6.01. The van der Waals surface area contributed by atoms with E-state index in [1.54, 1.807) is 0 Å². The van der Waals surface area contributed by atoms with Crippen LogP contribution < -0.4 is 0 Å². The number of ether oxygens (including phenoxy) is 1. The standard InChI is InChI=1S/C13H14ClNO2/c1-3-15-7-12(9(2)17-8-16)11-6-10(14)4-5-13(11)15/h4-9H,3H2,1-2H3. The van der Waals surface area contributed by atoms with Crippen molar-refractivity contribution in [3.05, 3.63) is 35.0 Å². The van der Waals surface area contributed by atoms with E-state index in [2.05, 4.69) is 11.5 Å². The number of hydrogen-bond acceptors (Lipinski definition) is 2. The molecule has 0 aliphatic rings. The largest absolute Gasteiger partial charge is 0.460 e. The van der Waals surface area contributed by atoms with E-state index in [9.17, 15) is 4.79 Å². The molecule has 0 bridgehead atoms. The molecule has 1 atom stereocenters. The lowest BCUT2D eigenvalue weighted by Crippen LogP contribution is -1.97. The molecule has 1 unspecified atom stereocenters. The Kier molecular flexibility index (Phi) is 3.38. The van der Waals surface area contributed by atoms with Crippen LogP contribution in [0.25, 0.3) is 10.9 Å². The maximum atomic E-state index is 10.4. The summed E-state index contributed by atoms with van der Waals surface area (Å²) in [6, 6.07) is 5.76. The first-order valence-corrected chi connectivity index (χ1v) is 5.92. The Morgan fingerprint density at radius 1 is 1.53 bits per heavy atom. The van der Waals surface area contributed by atoms with Gasteiger partial charge in [-0.05, 0) is 32.0 Å². The second kappa shape index (κ2) is 4.80. The Balaban J connectivity index is 2.61. The summed E-state index contributed by atoms with van der Waals surface area (Å²) in [7, 11) is 0. The van der Waals surface area contributed by atoms with Crippen LogP contribution in [-0.4, -0.2) is 11.0 Å². The lowest BCUT2D eigenvalue weighted by molar-refractivity contribution is -0.133. The fourth-order valence-corrected chi connectivity index (χ4v) is 2.21. The van der Waals surface area contributed by atoms with Gasteiger partial charge in [0.2, 0.25) is 0 Å². The molecular formula is C13H14ClNO2. The second-order valence-corrected chi connectivity index (χ2v) is 4.34. The number of carbonyl (C=O) groups excluding carboxylic acids is 1. The molecule has 17 heavy (non-hydrogen) atoms. The number of aromatic nitrogens is 1. The van der Waals surface area contributed by atoms with Gasteiger partial charge in [-0.2, -0.15) is 0 Å². The predicted octanol–water partition coefficient (Wildman–Crippen LogP) is 3.55. The maximum absolute atomic E-state index is 10.4. The Morgan fingerprint density at radius 3 is 2.94 bits per heavy atom. The van der Waals surface area contributed by atoms with Crippen LogP contribution in [0.4, 0.5) is 0 Å². The van der Waals surface area contributed by atoms with Gasteiger partial charge in [0.05, 0.1) is 0 Å². The third-order valence-corrected chi connectivity index (χ3v) is 3.15. The summed E-state index contributed by atoms with van der Waals surface area (Å²) in [5.74, 6) is 0. The number of fused-ring (bicyclic) bond motifs is 1. The molecular weight excluding hydrogens is 238 g/mol. The van der Waals surface area contributed by atoms with Gasteiger partial charge in [0, 0.05) is 34.2 Å². The SMILES string of the molecule is CCn1cc(C(C)OC=O)c2cc(Cl)ccc21. The van der Waals surface area contributed by atoms with Gasteiger partial charge in [-0.25, -0.2) is 0 Å². The van der Waals surface area contributed by atoms with Crippen molar-refractivity contribution >= 4 is 29.0 Å². The topological polar surface area (TPSA) is 31.2 Å². The number of rotatable bonds is 4.